The number of nitrogens with zero attached hydrogens (tertiary/aromatic N) is 1. The number of hydrogen-bond donors (Lipinski definition) is 1. The van der Waals surface area contributed by atoms with Gasteiger partial charge in [0, 0.05) is 19.1 Å². The number of methoxy groups -OCH3 is 2. The molecule has 1 heterocycles. The second-order valence-corrected chi connectivity index (χ2v) is 7.13. The molecule has 2 N–H and O–H groups in total. The lowest BCUT2D eigenvalue weighted by atomic mass is 9.86. The Labute approximate surface area is 156 Å². The standard InChI is InChI=1S/C22H30N2O2/c1-5-19(23)22-18-13-21(26-4)20(25-3)12-17(18)10-11-24(22)14-16-8-6-15(2)7-9-16/h6-9,12-13,19,22H,5,10-11,14,23H2,1-4H3/t19-,22+/m0/s1. The van der Waals surface area contributed by atoms with Crippen LogP contribution < -0.4 is 15.2 Å². The molecule has 2 aromatic carbocycles. The first kappa shape index (κ1) is 18.7. The molecule has 4 heteroatoms. The van der Waals surface area contributed by atoms with Crippen LogP contribution in [0.1, 0.15) is 41.6 Å². The molecule has 2 aromatic rings. The van der Waals surface area contributed by atoms with Gasteiger partial charge in [-0.2, -0.15) is 0 Å². The molecule has 0 unspecified atom stereocenters. The maximum atomic E-state index is 6.58. The highest BCUT2D eigenvalue weighted by Gasteiger charge is 2.32. The van der Waals surface area contributed by atoms with Crippen LogP contribution >= 0.6 is 0 Å². The number of rotatable bonds is 6. The van der Waals surface area contributed by atoms with E-state index < -0.39 is 0 Å². The van der Waals surface area contributed by atoms with Gasteiger partial charge in [0.15, 0.2) is 11.5 Å². The zero-order valence-electron chi connectivity index (χ0n) is 16.3. The molecule has 140 valence electrons. The first-order valence-corrected chi connectivity index (χ1v) is 9.37. The molecule has 0 saturated heterocycles. The summed E-state index contributed by atoms with van der Waals surface area (Å²) in [5.74, 6) is 1.57. The molecule has 4 nitrogen and oxygen atoms in total. The van der Waals surface area contributed by atoms with Crippen molar-refractivity contribution in [3.63, 3.8) is 0 Å². The summed E-state index contributed by atoms with van der Waals surface area (Å²) < 4.78 is 11.0. The highest BCUT2D eigenvalue weighted by Crippen LogP contribution is 2.40. The number of nitrogens with two attached hydrogens (primary N) is 1. The van der Waals surface area contributed by atoms with Gasteiger partial charge in [0.05, 0.1) is 20.3 Å². The second-order valence-electron chi connectivity index (χ2n) is 7.13. The van der Waals surface area contributed by atoms with Gasteiger partial charge in [-0.15, -0.1) is 0 Å². The molecular weight excluding hydrogens is 324 g/mol. The van der Waals surface area contributed by atoms with E-state index in [2.05, 4.69) is 55.1 Å². The third-order valence-corrected chi connectivity index (χ3v) is 5.41. The van der Waals surface area contributed by atoms with Gasteiger partial charge in [0.1, 0.15) is 0 Å². The van der Waals surface area contributed by atoms with Crippen LogP contribution in [0.5, 0.6) is 11.5 Å². The number of aryl methyl sites for hydroxylation is 1. The van der Waals surface area contributed by atoms with Gasteiger partial charge in [-0.25, -0.2) is 0 Å². The van der Waals surface area contributed by atoms with Crippen LogP contribution in [0.25, 0.3) is 0 Å². The zero-order valence-corrected chi connectivity index (χ0v) is 16.3. The first-order chi connectivity index (χ1) is 12.6. The third-order valence-electron chi connectivity index (χ3n) is 5.41. The number of benzene rings is 2. The summed E-state index contributed by atoms with van der Waals surface area (Å²) >= 11 is 0. The summed E-state index contributed by atoms with van der Waals surface area (Å²) in [6.07, 6.45) is 1.93. The lowest BCUT2D eigenvalue weighted by molar-refractivity contribution is 0.149. The summed E-state index contributed by atoms with van der Waals surface area (Å²) in [5.41, 5.74) is 11.8. The molecule has 0 radical (unpaired) electrons. The Morgan fingerprint density at radius 1 is 1.12 bits per heavy atom. The average Bonchev–Trinajstić information content (AvgIpc) is 2.67. The minimum absolute atomic E-state index is 0.0811. The summed E-state index contributed by atoms with van der Waals surface area (Å²) in [6.45, 7) is 6.18. The van der Waals surface area contributed by atoms with Gasteiger partial charge in [-0.3, -0.25) is 4.90 Å². The SMILES string of the molecule is CC[C@H](N)[C@H]1c2cc(OC)c(OC)cc2CCN1Cc1ccc(C)cc1. The Bertz CT molecular complexity index is 743. The third kappa shape index (κ3) is 3.71. The highest BCUT2D eigenvalue weighted by molar-refractivity contribution is 5.50. The van der Waals surface area contributed by atoms with Gasteiger partial charge in [0.25, 0.3) is 0 Å². The van der Waals surface area contributed by atoms with E-state index in [0.29, 0.717) is 0 Å². The van der Waals surface area contributed by atoms with Crippen molar-refractivity contribution in [3.8, 4) is 11.5 Å². The van der Waals surface area contributed by atoms with Gasteiger partial charge in [0.2, 0.25) is 0 Å². The smallest absolute Gasteiger partial charge is 0.161 e. The van der Waals surface area contributed by atoms with Crippen LogP contribution in [0.4, 0.5) is 0 Å². The van der Waals surface area contributed by atoms with E-state index in [1.165, 1.54) is 22.3 Å². The Morgan fingerprint density at radius 2 is 1.77 bits per heavy atom. The maximum absolute atomic E-state index is 6.58. The van der Waals surface area contributed by atoms with Crippen molar-refractivity contribution in [2.45, 2.75) is 45.3 Å². The van der Waals surface area contributed by atoms with Crippen molar-refractivity contribution in [1.29, 1.82) is 0 Å². The predicted octanol–water partition coefficient (Wildman–Crippen LogP) is 3.85. The molecule has 1 aliphatic heterocycles. The van der Waals surface area contributed by atoms with Crippen LogP contribution in [0.2, 0.25) is 0 Å². The Morgan fingerprint density at radius 3 is 2.38 bits per heavy atom. The minimum Gasteiger partial charge on any atom is -0.493 e. The average molecular weight is 354 g/mol. The summed E-state index contributed by atoms with van der Waals surface area (Å²) in [6, 6.07) is 13.3. The van der Waals surface area contributed by atoms with Crippen molar-refractivity contribution < 1.29 is 9.47 Å². The van der Waals surface area contributed by atoms with Crippen molar-refractivity contribution in [3.05, 3.63) is 58.7 Å². The largest absolute Gasteiger partial charge is 0.493 e. The van der Waals surface area contributed by atoms with E-state index in [-0.39, 0.29) is 12.1 Å². The molecule has 26 heavy (non-hydrogen) atoms. The van der Waals surface area contributed by atoms with Gasteiger partial charge >= 0.3 is 0 Å². The van der Waals surface area contributed by atoms with Crippen molar-refractivity contribution in [2.75, 3.05) is 20.8 Å². The van der Waals surface area contributed by atoms with Crippen molar-refractivity contribution in [1.82, 2.24) is 4.90 Å². The molecule has 0 aliphatic carbocycles. The normalized spacial score (nSPS) is 18.3. The minimum atomic E-state index is 0.0811. The quantitative estimate of drug-likeness (QED) is 0.856. The fourth-order valence-electron chi connectivity index (χ4n) is 3.86. The summed E-state index contributed by atoms with van der Waals surface area (Å²) in [4.78, 5) is 2.51. The van der Waals surface area contributed by atoms with E-state index in [4.69, 9.17) is 15.2 Å². The van der Waals surface area contributed by atoms with E-state index >= 15 is 0 Å². The zero-order chi connectivity index (χ0) is 18.7. The summed E-state index contributed by atoms with van der Waals surface area (Å²) in [7, 11) is 3.37. The predicted molar refractivity (Wildman–Crippen MR) is 106 cm³/mol. The fourth-order valence-corrected chi connectivity index (χ4v) is 3.86. The molecule has 3 rings (SSSR count). The molecule has 2 atom stereocenters. The molecule has 0 fully saturated rings. The molecule has 1 aliphatic rings. The number of fused-ring (bicyclic) bond motifs is 1. The Balaban J connectivity index is 1.96. The van der Waals surface area contributed by atoms with Crippen molar-refractivity contribution >= 4 is 0 Å². The van der Waals surface area contributed by atoms with Gasteiger partial charge in [-0.1, -0.05) is 36.8 Å². The van der Waals surface area contributed by atoms with Gasteiger partial charge < -0.3 is 15.2 Å². The molecular formula is C22H30N2O2. The van der Waals surface area contributed by atoms with E-state index in [1.807, 2.05) is 0 Å². The fraction of sp³-hybridized carbons (Fsp3) is 0.455. The molecule has 0 aromatic heterocycles. The van der Waals surface area contributed by atoms with Crippen LogP contribution in [-0.4, -0.2) is 31.7 Å². The Kier molecular flexibility index (Phi) is 5.84. The molecule has 0 spiro atoms. The lowest BCUT2D eigenvalue weighted by Gasteiger charge is -2.40. The maximum Gasteiger partial charge on any atom is 0.161 e. The Hall–Kier alpha value is -2.04. The van der Waals surface area contributed by atoms with E-state index in [9.17, 15) is 0 Å². The van der Waals surface area contributed by atoms with Crippen LogP contribution in [0, 0.1) is 6.92 Å². The highest BCUT2D eigenvalue weighted by atomic mass is 16.5. The van der Waals surface area contributed by atoms with Crippen LogP contribution in [0.3, 0.4) is 0 Å². The second kappa shape index (κ2) is 8.11. The van der Waals surface area contributed by atoms with E-state index in [1.54, 1.807) is 14.2 Å². The van der Waals surface area contributed by atoms with Gasteiger partial charge in [-0.05, 0) is 48.6 Å². The number of hydrogen-bond acceptors (Lipinski definition) is 4. The monoisotopic (exact) mass is 354 g/mol. The van der Waals surface area contributed by atoms with Crippen LogP contribution in [-0.2, 0) is 13.0 Å². The molecule has 0 bridgehead atoms. The van der Waals surface area contributed by atoms with Crippen LogP contribution in [0.15, 0.2) is 36.4 Å². The topological polar surface area (TPSA) is 47.7 Å². The molecule has 0 saturated carbocycles. The molecule has 0 amide bonds. The number of ether oxygens (including phenoxy) is 2. The summed E-state index contributed by atoms with van der Waals surface area (Å²) in [5, 5.41) is 0. The lowest BCUT2D eigenvalue weighted by Crippen LogP contribution is -2.44. The van der Waals surface area contributed by atoms with Crippen molar-refractivity contribution in [2.24, 2.45) is 5.73 Å². The first-order valence-electron chi connectivity index (χ1n) is 9.37. The van der Waals surface area contributed by atoms with E-state index in [0.717, 1.165) is 37.4 Å².